The Labute approximate surface area is 114 Å². The summed E-state index contributed by atoms with van der Waals surface area (Å²) in [5, 5.41) is 20.2. The Morgan fingerprint density at radius 3 is 2.60 bits per heavy atom. The highest BCUT2D eigenvalue weighted by atomic mass is 16.4. The molecule has 0 amide bonds. The lowest BCUT2D eigenvalue weighted by molar-refractivity contribution is -0.268. The second kappa shape index (κ2) is 5.88. The fourth-order valence-corrected chi connectivity index (χ4v) is 1.60. The number of carbonyl (C=O) groups is 1. The molecule has 5 heteroatoms. The largest absolute Gasteiger partial charge is 0.872 e. The first kappa shape index (κ1) is 13.6. The number of rotatable bonds is 4. The number of hydrogen-bond donors (Lipinski definition) is 1. The monoisotopic (exact) mass is 271 g/mol. The number of phenolic OH excluding ortho intramolecular Hbond substituents is 1. The molecule has 20 heavy (non-hydrogen) atoms. The average Bonchev–Trinajstić information content (AvgIpc) is 2.37. The van der Waals surface area contributed by atoms with Gasteiger partial charge in [0.05, 0.1) is 6.42 Å². The highest BCUT2D eigenvalue weighted by molar-refractivity contribution is 5.94. The van der Waals surface area contributed by atoms with Gasteiger partial charge in [-0.1, -0.05) is 24.0 Å². The van der Waals surface area contributed by atoms with Gasteiger partial charge < -0.3 is 14.6 Å². The van der Waals surface area contributed by atoms with Crippen LogP contribution in [0.4, 0.5) is 0 Å². The molecule has 0 saturated heterocycles. The molecule has 1 aromatic carbocycles. The molecule has 0 unspecified atom stereocenters. The van der Waals surface area contributed by atoms with E-state index in [1.165, 1.54) is 18.2 Å². The molecule has 2 aromatic rings. The van der Waals surface area contributed by atoms with Crippen LogP contribution >= 0.6 is 0 Å². The van der Waals surface area contributed by atoms with E-state index in [0.717, 1.165) is 17.7 Å². The van der Waals surface area contributed by atoms with E-state index in [9.17, 15) is 14.7 Å². The maximum Gasteiger partial charge on any atom is 0.335 e. The van der Waals surface area contributed by atoms with Crippen LogP contribution in [0.2, 0.25) is 0 Å². The number of hydrogen-bond acceptors (Lipinski definition) is 5. The topological polar surface area (TPSA) is 90.6 Å². The molecule has 1 aromatic heterocycles. The van der Waals surface area contributed by atoms with Crippen molar-refractivity contribution in [1.82, 2.24) is 0 Å². The lowest BCUT2D eigenvalue weighted by Gasteiger charge is -2.04. The van der Waals surface area contributed by atoms with Crippen molar-refractivity contribution in [2.75, 3.05) is 0 Å². The molecule has 0 spiro atoms. The third-order valence-corrected chi connectivity index (χ3v) is 2.50. The Morgan fingerprint density at radius 2 is 1.95 bits per heavy atom. The molecule has 1 heterocycles. The van der Waals surface area contributed by atoms with Crippen LogP contribution < -0.4 is 10.7 Å². The molecular weight excluding hydrogens is 260 g/mol. The summed E-state index contributed by atoms with van der Waals surface area (Å²) in [6.45, 7) is 0. The number of aromatic hydroxyl groups is 1. The summed E-state index contributed by atoms with van der Waals surface area (Å²) < 4.78 is 4.75. The van der Waals surface area contributed by atoms with Crippen LogP contribution in [0.5, 0.6) is 11.5 Å². The summed E-state index contributed by atoms with van der Waals surface area (Å²) in [7, 11) is 0. The normalized spacial score (nSPS) is 10.8. The maximum atomic E-state index is 11.7. The molecule has 0 bridgehead atoms. The molecule has 0 aliphatic carbocycles. The summed E-state index contributed by atoms with van der Waals surface area (Å²) >= 11 is 0. The minimum Gasteiger partial charge on any atom is -0.872 e. The highest BCUT2D eigenvalue weighted by Gasteiger charge is 2.03. The Balaban J connectivity index is 2.05. The zero-order chi connectivity index (χ0) is 14.5. The molecule has 0 saturated carbocycles. The molecule has 0 radical (unpaired) electrons. The van der Waals surface area contributed by atoms with Gasteiger partial charge in [0.2, 0.25) is 0 Å². The van der Waals surface area contributed by atoms with E-state index in [0.29, 0.717) is 0 Å². The van der Waals surface area contributed by atoms with Crippen molar-refractivity contribution in [3.63, 3.8) is 0 Å². The molecule has 102 valence electrons. The predicted molar refractivity (Wildman–Crippen MR) is 70.3 cm³/mol. The summed E-state index contributed by atoms with van der Waals surface area (Å²) in [5.74, 6) is -0.594. The first-order valence-corrected chi connectivity index (χ1v) is 5.84. The molecule has 0 atom stereocenters. The lowest BCUT2D eigenvalue weighted by Crippen LogP contribution is -2.06. The Bertz CT molecular complexity index is 695. The van der Waals surface area contributed by atoms with Gasteiger partial charge in [0, 0.05) is 6.07 Å². The molecule has 0 fully saturated rings. The van der Waals surface area contributed by atoms with Gasteiger partial charge in [-0.25, -0.2) is 4.79 Å². The fourth-order valence-electron chi connectivity index (χ4n) is 1.60. The summed E-state index contributed by atoms with van der Waals surface area (Å²) in [5.41, 5.74) is -0.0157. The van der Waals surface area contributed by atoms with Crippen molar-refractivity contribution < 1.29 is 19.4 Å². The average molecular weight is 271 g/mol. The van der Waals surface area contributed by atoms with Crippen LogP contribution in [0.25, 0.3) is 6.08 Å². The minimum atomic E-state index is -0.761. The van der Waals surface area contributed by atoms with Gasteiger partial charge in [-0.05, 0) is 29.8 Å². The first-order chi connectivity index (χ1) is 9.52. The van der Waals surface area contributed by atoms with E-state index in [2.05, 4.69) is 0 Å². The molecule has 5 nitrogen and oxygen atoms in total. The third-order valence-electron chi connectivity index (χ3n) is 2.50. The van der Waals surface area contributed by atoms with Gasteiger partial charge in [0.25, 0.3) is 0 Å². The van der Waals surface area contributed by atoms with Crippen molar-refractivity contribution >= 4 is 11.9 Å². The van der Waals surface area contributed by atoms with Gasteiger partial charge in [0.1, 0.15) is 11.5 Å². The quantitative estimate of drug-likeness (QED) is 0.845. The Morgan fingerprint density at radius 1 is 1.25 bits per heavy atom. The highest BCUT2D eigenvalue weighted by Crippen LogP contribution is 2.11. The van der Waals surface area contributed by atoms with E-state index in [-0.39, 0.29) is 23.7 Å². The molecule has 2 rings (SSSR count). The van der Waals surface area contributed by atoms with Gasteiger partial charge in [-0.3, -0.25) is 4.79 Å². The van der Waals surface area contributed by atoms with E-state index in [1.807, 2.05) is 0 Å². The van der Waals surface area contributed by atoms with E-state index < -0.39 is 11.4 Å². The number of allylic oxidation sites excluding steroid dienone is 1. The van der Waals surface area contributed by atoms with Gasteiger partial charge >= 0.3 is 5.63 Å². The standard InChI is InChI=1S/C15H12O5/c16-11-4-1-10(2-5-11)3-6-12(17)7-14-8-13(18)9-15(19)20-14/h1-6,8-9,16,18H,7H2/p-1/b6-3+. The zero-order valence-electron chi connectivity index (χ0n) is 10.4. The van der Waals surface area contributed by atoms with Crippen molar-refractivity contribution in [1.29, 1.82) is 0 Å². The third kappa shape index (κ3) is 3.84. The van der Waals surface area contributed by atoms with Crippen LogP contribution in [0.1, 0.15) is 11.3 Å². The molecular formula is C15H11O5-. The smallest absolute Gasteiger partial charge is 0.335 e. The minimum absolute atomic E-state index is 0.0443. The number of carbonyl (C=O) groups excluding carboxylic acids is 1. The van der Waals surface area contributed by atoms with Crippen molar-refractivity contribution in [3.05, 3.63) is 64.2 Å². The van der Waals surface area contributed by atoms with Crippen LogP contribution in [0.15, 0.2) is 51.7 Å². The van der Waals surface area contributed by atoms with Crippen molar-refractivity contribution in [3.8, 4) is 11.5 Å². The maximum absolute atomic E-state index is 11.7. The lowest BCUT2D eigenvalue weighted by atomic mass is 10.1. The summed E-state index contributed by atoms with van der Waals surface area (Å²) in [6, 6.07) is 8.25. The summed E-state index contributed by atoms with van der Waals surface area (Å²) in [6.07, 6.45) is 2.74. The number of ketones is 1. The Kier molecular flexibility index (Phi) is 4.00. The zero-order valence-corrected chi connectivity index (χ0v) is 10.4. The fraction of sp³-hybridized carbons (Fsp3) is 0.0667. The number of phenols is 1. The molecule has 1 N–H and O–H groups in total. The second-order valence-electron chi connectivity index (χ2n) is 4.15. The molecule has 0 aliphatic heterocycles. The van der Waals surface area contributed by atoms with Crippen LogP contribution in [0, 0.1) is 0 Å². The number of benzene rings is 1. The van der Waals surface area contributed by atoms with E-state index >= 15 is 0 Å². The van der Waals surface area contributed by atoms with E-state index in [1.54, 1.807) is 18.2 Å². The first-order valence-electron chi connectivity index (χ1n) is 5.84. The second-order valence-corrected chi connectivity index (χ2v) is 4.15. The van der Waals surface area contributed by atoms with Crippen molar-refractivity contribution in [2.24, 2.45) is 0 Å². The summed E-state index contributed by atoms with van der Waals surface area (Å²) in [4.78, 5) is 22.7. The van der Waals surface area contributed by atoms with Crippen molar-refractivity contribution in [2.45, 2.75) is 6.42 Å². The predicted octanol–water partition coefficient (Wildman–Crippen LogP) is 1.24. The van der Waals surface area contributed by atoms with E-state index in [4.69, 9.17) is 9.52 Å². The van der Waals surface area contributed by atoms with Gasteiger partial charge in [-0.2, -0.15) is 0 Å². The van der Waals surface area contributed by atoms with Gasteiger partial charge in [-0.15, -0.1) is 0 Å². The van der Waals surface area contributed by atoms with Crippen LogP contribution in [-0.4, -0.2) is 10.9 Å². The molecule has 0 aliphatic rings. The van der Waals surface area contributed by atoms with Crippen LogP contribution in [-0.2, 0) is 11.2 Å². The van der Waals surface area contributed by atoms with Crippen LogP contribution in [0.3, 0.4) is 0 Å². The van der Waals surface area contributed by atoms with Gasteiger partial charge in [0.15, 0.2) is 5.78 Å². The Hall–Kier alpha value is -2.82. The SMILES string of the molecule is O=C(/C=C/c1ccc(O)cc1)Cc1cc([O-])cc(=O)o1.